The second-order valence-corrected chi connectivity index (χ2v) is 4.10. The van der Waals surface area contributed by atoms with Gasteiger partial charge in [-0.05, 0) is 30.7 Å². The molecule has 2 rings (SSSR count). The normalized spacial score (nSPS) is 10.1. The van der Waals surface area contributed by atoms with Crippen LogP contribution < -0.4 is 20.7 Å². The van der Waals surface area contributed by atoms with Crippen molar-refractivity contribution < 1.29 is 9.47 Å². The summed E-state index contributed by atoms with van der Waals surface area (Å²) in [6, 6.07) is 9.54. The number of methoxy groups -OCH3 is 1. The predicted molar refractivity (Wildman–Crippen MR) is 74.1 cm³/mol. The van der Waals surface area contributed by atoms with Crippen LogP contribution >= 0.6 is 0 Å². The van der Waals surface area contributed by atoms with Crippen LogP contribution in [0.5, 0.6) is 11.5 Å². The molecule has 0 amide bonds. The molecule has 1 heterocycles. The highest BCUT2D eigenvalue weighted by Crippen LogP contribution is 2.28. The van der Waals surface area contributed by atoms with Crippen molar-refractivity contribution >= 4 is 5.82 Å². The third-order valence-electron chi connectivity index (χ3n) is 2.73. The molecule has 0 radical (unpaired) electrons. The van der Waals surface area contributed by atoms with Gasteiger partial charge in [0.15, 0.2) is 11.5 Å². The van der Waals surface area contributed by atoms with Gasteiger partial charge in [-0.25, -0.2) is 10.8 Å². The standard InChI is InChI=1S/C14H17N3O2/c1-10-5-6-12(13(8-10)18-2)19-9-11-4-3-7-16-14(11)17-15/h3-8H,9,15H2,1-2H3,(H,16,17). The number of aryl methyl sites for hydroxylation is 1. The van der Waals surface area contributed by atoms with Gasteiger partial charge < -0.3 is 14.9 Å². The maximum Gasteiger partial charge on any atom is 0.161 e. The molecule has 0 aliphatic rings. The zero-order valence-corrected chi connectivity index (χ0v) is 11.0. The average Bonchev–Trinajstić information content (AvgIpc) is 2.46. The minimum atomic E-state index is 0.368. The molecule has 0 aliphatic heterocycles. The van der Waals surface area contributed by atoms with E-state index in [0.717, 1.165) is 11.1 Å². The quantitative estimate of drug-likeness (QED) is 0.636. The van der Waals surface area contributed by atoms with Gasteiger partial charge in [-0.15, -0.1) is 0 Å². The summed E-state index contributed by atoms with van der Waals surface area (Å²) in [4.78, 5) is 4.12. The van der Waals surface area contributed by atoms with Crippen LogP contribution in [0.1, 0.15) is 11.1 Å². The highest BCUT2D eigenvalue weighted by Gasteiger charge is 2.07. The number of pyridine rings is 1. The zero-order chi connectivity index (χ0) is 13.7. The number of aromatic nitrogens is 1. The number of hydrogen-bond acceptors (Lipinski definition) is 5. The van der Waals surface area contributed by atoms with Crippen LogP contribution in [0, 0.1) is 6.92 Å². The maximum atomic E-state index is 5.75. The van der Waals surface area contributed by atoms with E-state index in [1.54, 1.807) is 13.3 Å². The Hall–Kier alpha value is -2.27. The molecule has 19 heavy (non-hydrogen) atoms. The number of nitrogens with two attached hydrogens (primary N) is 1. The molecule has 2 aromatic rings. The van der Waals surface area contributed by atoms with E-state index in [9.17, 15) is 0 Å². The fourth-order valence-corrected chi connectivity index (χ4v) is 1.73. The van der Waals surface area contributed by atoms with Crippen LogP contribution in [-0.4, -0.2) is 12.1 Å². The first-order valence-electron chi connectivity index (χ1n) is 5.92. The van der Waals surface area contributed by atoms with Gasteiger partial charge in [-0.3, -0.25) is 0 Å². The summed E-state index contributed by atoms with van der Waals surface area (Å²) in [6.07, 6.45) is 1.67. The molecular formula is C14H17N3O2. The van der Waals surface area contributed by atoms with Gasteiger partial charge >= 0.3 is 0 Å². The van der Waals surface area contributed by atoms with Crippen molar-refractivity contribution in [3.8, 4) is 11.5 Å². The van der Waals surface area contributed by atoms with Gasteiger partial charge in [0.25, 0.3) is 0 Å². The van der Waals surface area contributed by atoms with Crippen LogP contribution in [0.2, 0.25) is 0 Å². The summed E-state index contributed by atoms with van der Waals surface area (Å²) in [5, 5.41) is 0. The Balaban J connectivity index is 2.14. The number of nitrogens with one attached hydrogen (secondary N) is 1. The summed E-state index contributed by atoms with van der Waals surface area (Å²) in [5.41, 5.74) is 4.55. The number of nitrogens with zero attached hydrogens (tertiary/aromatic N) is 1. The van der Waals surface area contributed by atoms with Gasteiger partial charge in [0.05, 0.1) is 7.11 Å². The number of ether oxygens (including phenoxy) is 2. The van der Waals surface area contributed by atoms with E-state index in [0.29, 0.717) is 23.9 Å². The molecule has 0 fully saturated rings. The lowest BCUT2D eigenvalue weighted by atomic mass is 10.2. The number of anilines is 1. The predicted octanol–water partition coefficient (Wildman–Crippen LogP) is 2.26. The first-order chi connectivity index (χ1) is 9.24. The van der Waals surface area contributed by atoms with Gasteiger partial charge in [-0.2, -0.15) is 0 Å². The Morgan fingerprint density at radius 1 is 1.26 bits per heavy atom. The molecule has 0 bridgehead atoms. The number of nitrogen functional groups attached to an aromatic ring is 1. The van der Waals surface area contributed by atoms with Crippen molar-refractivity contribution in [2.75, 3.05) is 12.5 Å². The molecule has 3 N–H and O–H groups in total. The van der Waals surface area contributed by atoms with Crippen LogP contribution in [-0.2, 0) is 6.61 Å². The Morgan fingerprint density at radius 2 is 2.11 bits per heavy atom. The molecule has 5 nitrogen and oxygen atoms in total. The topological polar surface area (TPSA) is 69.4 Å². The van der Waals surface area contributed by atoms with Gasteiger partial charge in [0.1, 0.15) is 12.4 Å². The van der Waals surface area contributed by atoms with Crippen molar-refractivity contribution in [2.45, 2.75) is 13.5 Å². The Bertz CT molecular complexity index is 558. The van der Waals surface area contributed by atoms with Crippen LogP contribution in [0.4, 0.5) is 5.82 Å². The molecule has 0 unspecified atom stereocenters. The molecule has 0 atom stereocenters. The lowest BCUT2D eigenvalue weighted by molar-refractivity contribution is 0.284. The van der Waals surface area contributed by atoms with E-state index >= 15 is 0 Å². The Morgan fingerprint density at radius 3 is 2.84 bits per heavy atom. The van der Waals surface area contributed by atoms with E-state index in [1.807, 2.05) is 37.3 Å². The number of rotatable bonds is 5. The molecule has 5 heteroatoms. The van der Waals surface area contributed by atoms with Crippen molar-refractivity contribution in [2.24, 2.45) is 5.84 Å². The fraction of sp³-hybridized carbons (Fsp3) is 0.214. The first-order valence-corrected chi connectivity index (χ1v) is 5.92. The average molecular weight is 259 g/mol. The monoisotopic (exact) mass is 259 g/mol. The van der Waals surface area contributed by atoms with E-state index in [1.165, 1.54) is 0 Å². The van der Waals surface area contributed by atoms with E-state index in [2.05, 4.69) is 10.4 Å². The van der Waals surface area contributed by atoms with Crippen LogP contribution in [0.3, 0.4) is 0 Å². The van der Waals surface area contributed by atoms with Crippen molar-refractivity contribution in [3.05, 3.63) is 47.7 Å². The lowest BCUT2D eigenvalue weighted by Gasteiger charge is -2.12. The molecule has 0 aliphatic carbocycles. The number of hydrogen-bond donors (Lipinski definition) is 2. The summed E-state index contributed by atoms with van der Waals surface area (Å²) in [6.45, 7) is 2.37. The van der Waals surface area contributed by atoms with E-state index < -0.39 is 0 Å². The fourth-order valence-electron chi connectivity index (χ4n) is 1.73. The van der Waals surface area contributed by atoms with Crippen molar-refractivity contribution in [1.82, 2.24) is 4.98 Å². The summed E-state index contributed by atoms with van der Waals surface area (Å²) >= 11 is 0. The van der Waals surface area contributed by atoms with Crippen molar-refractivity contribution in [3.63, 3.8) is 0 Å². The minimum absolute atomic E-state index is 0.368. The molecular weight excluding hydrogens is 242 g/mol. The number of hydrazine groups is 1. The smallest absolute Gasteiger partial charge is 0.161 e. The largest absolute Gasteiger partial charge is 0.493 e. The summed E-state index contributed by atoms with van der Waals surface area (Å²) < 4.78 is 11.0. The lowest BCUT2D eigenvalue weighted by Crippen LogP contribution is -2.12. The maximum absolute atomic E-state index is 5.75. The van der Waals surface area contributed by atoms with Crippen LogP contribution in [0.25, 0.3) is 0 Å². The first kappa shape index (κ1) is 13.2. The Labute approximate surface area is 112 Å². The van der Waals surface area contributed by atoms with Crippen LogP contribution in [0.15, 0.2) is 36.5 Å². The molecule has 0 spiro atoms. The van der Waals surface area contributed by atoms with Gasteiger partial charge in [0, 0.05) is 11.8 Å². The third-order valence-corrected chi connectivity index (χ3v) is 2.73. The number of benzene rings is 1. The minimum Gasteiger partial charge on any atom is -0.493 e. The Kier molecular flexibility index (Phi) is 4.20. The molecule has 100 valence electrons. The van der Waals surface area contributed by atoms with Gasteiger partial charge in [-0.1, -0.05) is 12.1 Å². The second kappa shape index (κ2) is 6.06. The second-order valence-electron chi connectivity index (χ2n) is 4.10. The van der Waals surface area contributed by atoms with E-state index in [-0.39, 0.29) is 0 Å². The molecule has 1 aromatic heterocycles. The summed E-state index contributed by atoms with van der Waals surface area (Å²) in [7, 11) is 1.62. The van der Waals surface area contributed by atoms with E-state index in [4.69, 9.17) is 15.3 Å². The highest BCUT2D eigenvalue weighted by atomic mass is 16.5. The SMILES string of the molecule is COc1cc(C)ccc1OCc1cccnc1NN. The van der Waals surface area contributed by atoms with Gasteiger partial charge in [0.2, 0.25) is 0 Å². The molecule has 1 aromatic carbocycles. The zero-order valence-electron chi connectivity index (χ0n) is 11.0. The van der Waals surface area contributed by atoms with Crippen molar-refractivity contribution in [1.29, 1.82) is 0 Å². The highest BCUT2D eigenvalue weighted by molar-refractivity contribution is 5.45. The molecule has 0 saturated heterocycles. The summed E-state index contributed by atoms with van der Waals surface area (Å²) in [5.74, 6) is 7.42. The third kappa shape index (κ3) is 3.14. The molecule has 0 saturated carbocycles.